The largest absolute Gasteiger partial charge is 0.478 e. The zero-order valence-electron chi connectivity index (χ0n) is 23.7. The van der Waals surface area contributed by atoms with Crippen LogP contribution in [-0.4, -0.2) is 59.2 Å². The molecule has 0 heterocycles. The quantitative estimate of drug-likeness (QED) is 0.130. The molecule has 3 atom stereocenters. The lowest BCUT2D eigenvalue weighted by atomic mass is 10.2. The van der Waals surface area contributed by atoms with E-state index >= 15 is 0 Å². The van der Waals surface area contributed by atoms with Crippen LogP contribution in [0.3, 0.4) is 0 Å². The summed E-state index contributed by atoms with van der Waals surface area (Å²) in [6.45, 7) is 5.18. The van der Waals surface area contributed by atoms with Crippen LogP contribution >= 0.6 is 42.6 Å². The van der Waals surface area contributed by atoms with E-state index in [4.69, 9.17) is 48.4 Å². The summed E-state index contributed by atoms with van der Waals surface area (Å²) in [5.41, 5.74) is -4.22. The van der Waals surface area contributed by atoms with Crippen molar-refractivity contribution in [3.05, 3.63) is 89.5 Å². The lowest BCUT2D eigenvalue weighted by molar-refractivity contribution is 0.0960. The maximum absolute atomic E-state index is 14.3. The Kier molecular flexibility index (Phi) is 12.5. The predicted molar refractivity (Wildman–Crippen MR) is 169 cm³/mol. The molecule has 10 nitrogen and oxygen atoms in total. The van der Waals surface area contributed by atoms with Crippen molar-refractivity contribution in [2.45, 2.75) is 51.8 Å². The van der Waals surface area contributed by atoms with Gasteiger partial charge in [0.15, 0.2) is 16.3 Å². The SMILES string of the molecule is Cc1ccc(S(=O)(=O)C(CCl)OP(=O)(OC(CCl)S(=O)(=O)c2ccc(C)cc2)OC(CCl)S(=O)(=O)c2ccc(C)cc2)cc1. The fourth-order valence-corrected chi connectivity index (χ4v) is 12.1. The first-order valence-electron chi connectivity index (χ1n) is 12.7. The number of rotatable bonds is 15. The molecular formula is C27H30Cl3O10PS3. The predicted octanol–water partition coefficient (Wildman–Crippen LogP) is 6.19. The lowest BCUT2D eigenvalue weighted by Crippen LogP contribution is -2.33. The van der Waals surface area contributed by atoms with Crippen molar-refractivity contribution >= 4 is 72.1 Å². The van der Waals surface area contributed by atoms with Gasteiger partial charge in [0.05, 0.1) is 32.3 Å². The van der Waals surface area contributed by atoms with Gasteiger partial charge in [-0.15, -0.1) is 34.8 Å². The van der Waals surface area contributed by atoms with Crippen LogP contribution in [0.1, 0.15) is 16.7 Å². The highest BCUT2D eigenvalue weighted by Gasteiger charge is 2.46. The molecule has 0 fully saturated rings. The summed E-state index contributed by atoms with van der Waals surface area (Å²) in [5.74, 6) is -2.50. The van der Waals surface area contributed by atoms with Gasteiger partial charge in [-0.05, 0) is 57.2 Å². The van der Waals surface area contributed by atoms with Gasteiger partial charge in [0.25, 0.3) is 0 Å². The number of alkyl halides is 3. The molecule has 0 N–H and O–H groups in total. The lowest BCUT2D eigenvalue weighted by Gasteiger charge is -2.28. The highest BCUT2D eigenvalue weighted by molar-refractivity contribution is 7.93. The topological polar surface area (TPSA) is 147 Å². The van der Waals surface area contributed by atoms with Gasteiger partial charge in [-0.25, -0.2) is 29.8 Å². The van der Waals surface area contributed by atoms with Crippen molar-refractivity contribution in [1.29, 1.82) is 0 Å². The zero-order chi connectivity index (χ0) is 32.9. The van der Waals surface area contributed by atoms with Crippen LogP contribution in [0.4, 0.5) is 0 Å². The molecule has 0 aromatic heterocycles. The van der Waals surface area contributed by atoms with Crippen LogP contribution in [0, 0.1) is 20.8 Å². The molecule has 0 amide bonds. The Balaban J connectivity index is 2.11. The summed E-state index contributed by atoms with van der Waals surface area (Å²) in [6, 6.07) is 16.5. The summed E-state index contributed by atoms with van der Waals surface area (Å²) in [4.78, 5) is -0.826. The van der Waals surface area contributed by atoms with Crippen LogP contribution in [0.25, 0.3) is 0 Å². The zero-order valence-corrected chi connectivity index (χ0v) is 29.3. The molecule has 3 aromatic rings. The number of sulfone groups is 3. The molecule has 0 aliphatic rings. The van der Waals surface area contributed by atoms with E-state index in [-0.39, 0.29) is 14.7 Å². The number of hydrogen-bond acceptors (Lipinski definition) is 10. The number of aryl methyl sites for hydroxylation is 3. The maximum Gasteiger partial charge on any atom is 0.478 e. The summed E-state index contributed by atoms with van der Waals surface area (Å²) < 4.78 is 111. The average Bonchev–Trinajstić information content (AvgIpc) is 2.98. The molecule has 0 spiro atoms. The van der Waals surface area contributed by atoms with E-state index in [1.54, 1.807) is 20.8 Å². The van der Waals surface area contributed by atoms with Gasteiger partial charge in [0.2, 0.25) is 29.5 Å². The summed E-state index contributed by atoms with van der Waals surface area (Å²) in [5, 5.41) is 0. The Bertz CT molecular complexity index is 1590. The fourth-order valence-electron chi connectivity index (χ4n) is 3.65. The third kappa shape index (κ3) is 8.64. The van der Waals surface area contributed by atoms with Gasteiger partial charge < -0.3 is 0 Å². The Labute approximate surface area is 273 Å². The van der Waals surface area contributed by atoms with E-state index in [1.165, 1.54) is 72.8 Å². The number of halogens is 3. The first-order chi connectivity index (χ1) is 20.5. The van der Waals surface area contributed by atoms with Gasteiger partial charge in [-0.1, -0.05) is 53.1 Å². The van der Waals surface area contributed by atoms with Gasteiger partial charge in [0.1, 0.15) is 0 Å². The first kappa shape index (κ1) is 37.0. The molecule has 242 valence electrons. The smallest absolute Gasteiger partial charge is 0.265 e. The summed E-state index contributed by atoms with van der Waals surface area (Å²) >= 11 is 17.9. The highest BCUT2D eigenvalue weighted by Crippen LogP contribution is 2.55. The second-order valence-electron chi connectivity index (χ2n) is 9.59. The molecule has 3 rings (SSSR count). The van der Waals surface area contributed by atoms with Gasteiger partial charge >= 0.3 is 7.82 Å². The van der Waals surface area contributed by atoms with Crippen LogP contribution in [0.15, 0.2) is 87.5 Å². The minimum atomic E-state index is -5.51. The Morgan fingerprint density at radius 1 is 0.500 bits per heavy atom. The van der Waals surface area contributed by atoms with Crippen molar-refractivity contribution in [3.63, 3.8) is 0 Å². The summed E-state index contributed by atoms with van der Waals surface area (Å²) in [7, 11) is -19.1. The third-order valence-electron chi connectivity index (χ3n) is 6.20. The molecule has 0 aliphatic heterocycles. The monoisotopic (exact) mass is 746 g/mol. The van der Waals surface area contributed by atoms with Crippen molar-refractivity contribution in [2.24, 2.45) is 0 Å². The highest BCUT2D eigenvalue weighted by atomic mass is 35.5. The van der Waals surface area contributed by atoms with Crippen LogP contribution in [0.2, 0.25) is 0 Å². The molecule has 0 bridgehead atoms. The van der Waals surface area contributed by atoms with E-state index in [1.807, 2.05) is 0 Å². The number of hydrogen-bond donors (Lipinski definition) is 0. The van der Waals surface area contributed by atoms with E-state index in [9.17, 15) is 29.8 Å². The minimum absolute atomic E-state index is 0.275. The second-order valence-corrected chi connectivity index (χ2v) is 18.3. The van der Waals surface area contributed by atoms with E-state index < -0.39 is 71.3 Å². The molecule has 3 aromatic carbocycles. The van der Waals surface area contributed by atoms with Crippen molar-refractivity contribution in [2.75, 3.05) is 17.6 Å². The van der Waals surface area contributed by atoms with E-state index in [2.05, 4.69) is 0 Å². The first-order valence-corrected chi connectivity index (χ1v) is 20.5. The molecule has 44 heavy (non-hydrogen) atoms. The Morgan fingerprint density at radius 3 is 0.886 bits per heavy atom. The van der Waals surface area contributed by atoms with E-state index in [0.717, 1.165) is 16.7 Å². The average molecular weight is 748 g/mol. The summed E-state index contributed by atoms with van der Waals surface area (Å²) in [6.07, 6.45) is 0. The number of benzene rings is 3. The van der Waals surface area contributed by atoms with Crippen molar-refractivity contribution in [3.8, 4) is 0 Å². The van der Waals surface area contributed by atoms with Gasteiger partial charge in [0, 0.05) is 0 Å². The molecule has 0 aliphatic carbocycles. The van der Waals surface area contributed by atoms with Crippen LogP contribution < -0.4 is 0 Å². The molecule has 3 unspecified atom stereocenters. The molecule has 0 saturated carbocycles. The van der Waals surface area contributed by atoms with E-state index in [0.29, 0.717) is 0 Å². The number of phosphoric ester groups is 1. The fraction of sp³-hybridized carbons (Fsp3) is 0.333. The Hall–Kier alpha value is -1.51. The number of phosphoric acid groups is 1. The molecule has 17 heteroatoms. The van der Waals surface area contributed by atoms with Crippen LogP contribution in [-0.2, 0) is 47.6 Å². The van der Waals surface area contributed by atoms with Gasteiger partial charge in [-0.3, -0.25) is 13.6 Å². The second kappa shape index (κ2) is 14.9. The maximum atomic E-state index is 14.3. The van der Waals surface area contributed by atoms with Crippen molar-refractivity contribution < 1.29 is 43.4 Å². The van der Waals surface area contributed by atoms with Crippen molar-refractivity contribution in [1.82, 2.24) is 0 Å². The normalized spacial score (nSPS) is 16.1. The molecular weight excluding hydrogens is 718 g/mol. The van der Waals surface area contributed by atoms with Crippen LogP contribution in [0.5, 0.6) is 0 Å². The minimum Gasteiger partial charge on any atom is -0.265 e. The van der Waals surface area contributed by atoms with Gasteiger partial charge in [-0.2, -0.15) is 0 Å². The third-order valence-corrected chi connectivity index (χ3v) is 15.2. The molecule has 0 radical (unpaired) electrons. The Morgan fingerprint density at radius 2 is 0.705 bits per heavy atom. The molecule has 0 saturated heterocycles. The standard InChI is InChI=1S/C27H30Cl3O10PS3/c1-19-4-10-22(11-5-19)42(32,33)25(16-28)38-41(31,39-26(17-29)43(34,35)23-12-6-20(2)7-13-23)40-27(18-30)44(36,37)24-14-8-21(3)9-15-24/h4-15,25-27H,16-18H2,1-3H3.